The molecule has 0 aliphatic rings. The Bertz CT molecular complexity index is 448. The maximum Gasteiger partial charge on any atom is 0.387 e. The number of alkyl halides is 2. The molecule has 14 heavy (non-hydrogen) atoms. The lowest BCUT2D eigenvalue weighted by Gasteiger charge is -2.03. The van der Waals surface area contributed by atoms with Gasteiger partial charge in [-0.3, -0.25) is 0 Å². The number of furan rings is 1. The van der Waals surface area contributed by atoms with E-state index in [2.05, 4.69) is 4.74 Å². The molecule has 1 heterocycles. The van der Waals surface area contributed by atoms with Crippen molar-refractivity contribution in [2.75, 3.05) is 0 Å². The summed E-state index contributed by atoms with van der Waals surface area (Å²) in [6.07, 6.45) is 0. The average molecular weight is 198 g/mol. The highest BCUT2D eigenvalue weighted by molar-refractivity contribution is 5.83. The third kappa shape index (κ3) is 1.55. The van der Waals surface area contributed by atoms with Crippen LogP contribution in [0.15, 0.2) is 28.7 Å². The van der Waals surface area contributed by atoms with E-state index in [1.54, 1.807) is 25.1 Å². The van der Waals surface area contributed by atoms with Crippen molar-refractivity contribution in [2.45, 2.75) is 13.5 Å². The first-order chi connectivity index (χ1) is 6.66. The molecule has 0 bridgehead atoms. The molecule has 0 amide bonds. The zero-order valence-electron chi connectivity index (χ0n) is 7.46. The van der Waals surface area contributed by atoms with Crippen LogP contribution in [-0.2, 0) is 0 Å². The maximum absolute atomic E-state index is 12.0. The van der Waals surface area contributed by atoms with Crippen molar-refractivity contribution < 1.29 is 17.9 Å². The van der Waals surface area contributed by atoms with Gasteiger partial charge in [-0.05, 0) is 19.1 Å². The number of benzene rings is 1. The molecule has 1 aromatic heterocycles. The van der Waals surface area contributed by atoms with E-state index in [4.69, 9.17) is 4.42 Å². The fourth-order valence-corrected chi connectivity index (χ4v) is 1.35. The Hall–Kier alpha value is -1.58. The zero-order chi connectivity index (χ0) is 10.1. The quantitative estimate of drug-likeness (QED) is 0.738. The van der Waals surface area contributed by atoms with Crippen LogP contribution in [0.2, 0.25) is 0 Å². The van der Waals surface area contributed by atoms with Gasteiger partial charge >= 0.3 is 6.61 Å². The summed E-state index contributed by atoms with van der Waals surface area (Å²) in [7, 11) is 0. The van der Waals surface area contributed by atoms with Gasteiger partial charge < -0.3 is 9.15 Å². The second-order valence-electron chi connectivity index (χ2n) is 2.91. The smallest absolute Gasteiger partial charge is 0.387 e. The number of hydrogen-bond donors (Lipinski definition) is 0. The van der Waals surface area contributed by atoms with Crippen LogP contribution in [0.25, 0.3) is 11.0 Å². The van der Waals surface area contributed by atoms with Gasteiger partial charge in [-0.2, -0.15) is 8.78 Å². The van der Waals surface area contributed by atoms with Gasteiger partial charge in [0.05, 0.1) is 0 Å². The van der Waals surface area contributed by atoms with E-state index in [1.807, 2.05) is 0 Å². The number of ether oxygens (including phenoxy) is 1. The Kier molecular flexibility index (Phi) is 2.11. The molecule has 0 atom stereocenters. The highest BCUT2D eigenvalue weighted by Crippen LogP contribution is 2.29. The first kappa shape index (κ1) is 8.99. The summed E-state index contributed by atoms with van der Waals surface area (Å²) in [5.74, 6) is 0.746. The summed E-state index contributed by atoms with van der Waals surface area (Å²) in [6.45, 7) is -1.07. The lowest BCUT2D eigenvalue weighted by Crippen LogP contribution is -2.01. The lowest BCUT2D eigenvalue weighted by molar-refractivity contribution is -0.0494. The molecule has 0 saturated heterocycles. The molecular weight excluding hydrogens is 190 g/mol. The molecule has 0 saturated carbocycles. The minimum absolute atomic E-state index is 0.0746. The molecular formula is C10H8F2O2. The second kappa shape index (κ2) is 3.29. The number of aryl methyl sites for hydroxylation is 1. The van der Waals surface area contributed by atoms with E-state index in [9.17, 15) is 8.78 Å². The monoisotopic (exact) mass is 198 g/mol. The molecule has 0 aliphatic heterocycles. The van der Waals surface area contributed by atoms with Gasteiger partial charge in [0.25, 0.3) is 0 Å². The van der Waals surface area contributed by atoms with E-state index < -0.39 is 6.61 Å². The van der Waals surface area contributed by atoms with Gasteiger partial charge in [0.15, 0.2) is 11.3 Å². The minimum atomic E-state index is -2.83. The highest BCUT2D eigenvalue weighted by atomic mass is 19.3. The molecule has 0 fully saturated rings. The van der Waals surface area contributed by atoms with E-state index in [0.29, 0.717) is 11.3 Å². The maximum atomic E-state index is 12.0. The highest BCUT2D eigenvalue weighted by Gasteiger charge is 2.11. The molecule has 74 valence electrons. The van der Waals surface area contributed by atoms with Gasteiger partial charge in [0.1, 0.15) is 5.76 Å². The van der Waals surface area contributed by atoms with Crippen molar-refractivity contribution in [3.8, 4) is 5.75 Å². The molecule has 0 N–H and O–H groups in total. The molecule has 0 aliphatic carbocycles. The van der Waals surface area contributed by atoms with Crippen molar-refractivity contribution in [3.05, 3.63) is 30.0 Å². The number of halogens is 2. The Morgan fingerprint density at radius 1 is 1.36 bits per heavy atom. The van der Waals surface area contributed by atoms with Gasteiger partial charge in [-0.15, -0.1) is 0 Å². The molecule has 0 unspecified atom stereocenters. The summed E-state index contributed by atoms with van der Waals surface area (Å²) in [5.41, 5.74) is 0.366. The van der Waals surface area contributed by atoms with Crippen molar-refractivity contribution in [2.24, 2.45) is 0 Å². The molecule has 2 aromatic rings. The van der Waals surface area contributed by atoms with Gasteiger partial charge in [0.2, 0.25) is 0 Å². The van der Waals surface area contributed by atoms with Crippen molar-refractivity contribution >= 4 is 11.0 Å². The molecule has 0 spiro atoms. The van der Waals surface area contributed by atoms with Crippen LogP contribution in [0, 0.1) is 6.92 Å². The van der Waals surface area contributed by atoms with Crippen LogP contribution in [0.5, 0.6) is 5.75 Å². The standard InChI is InChI=1S/C10H8F2O2/c1-6-5-7-3-2-4-8(9(7)13-6)14-10(11)12/h2-5,10H,1H3. The van der Waals surface area contributed by atoms with Crippen LogP contribution in [-0.4, -0.2) is 6.61 Å². The summed E-state index contributed by atoms with van der Waals surface area (Å²) in [5, 5.41) is 0.764. The van der Waals surface area contributed by atoms with Crippen LogP contribution >= 0.6 is 0 Å². The fraction of sp³-hybridized carbons (Fsp3) is 0.200. The van der Waals surface area contributed by atoms with Crippen LogP contribution in [0.3, 0.4) is 0 Å². The number of para-hydroxylation sites is 1. The summed E-state index contributed by atoms with van der Waals surface area (Å²) in [6, 6.07) is 6.66. The van der Waals surface area contributed by atoms with Crippen LogP contribution in [0.1, 0.15) is 5.76 Å². The third-order valence-corrected chi connectivity index (χ3v) is 1.85. The van der Waals surface area contributed by atoms with Gasteiger partial charge in [-0.25, -0.2) is 0 Å². The van der Waals surface area contributed by atoms with E-state index >= 15 is 0 Å². The number of hydrogen-bond acceptors (Lipinski definition) is 2. The normalized spacial score (nSPS) is 11.1. The lowest BCUT2D eigenvalue weighted by atomic mass is 10.2. The average Bonchev–Trinajstić information content (AvgIpc) is 2.45. The van der Waals surface area contributed by atoms with Crippen molar-refractivity contribution in [1.29, 1.82) is 0 Å². The van der Waals surface area contributed by atoms with E-state index in [0.717, 1.165) is 5.39 Å². The SMILES string of the molecule is Cc1cc2cccc(OC(F)F)c2o1. The third-order valence-electron chi connectivity index (χ3n) is 1.85. The first-order valence-electron chi connectivity index (χ1n) is 4.11. The Morgan fingerprint density at radius 3 is 2.86 bits per heavy atom. The fourth-order valence-electron chi connectivity index (χ4n) is 1.35. The van der Waals surface area contributed by atoms with E-state index in [-0.39, 0.29) is 5.75 Å². The van der Waals surface area contributed by atoms with Crippen LogP contribution < -0.4 is 4.74 Å². The van der Waals surface area contributed by atoms with Crippen molar-refractivity contribution in [1.82, 2.24) is 0 Å². The summed E-state index contributed by atoms with van der Waals surface area (Å²) < 4.78 is 33.5. The Morgan fingerprint density at radius 2 is 2.14 bits per heavy atom. The van der Waals surface area contributed by atoms with Gasteiger partial charge in [0, 0.05) is 5.39 Å². The summed E-state index contributed by atoms with van der Waals surface area (Å²) in [4.78, 5) is 0. The molecule has 2 nitrogen and oxygen atoms in total. The molecule has 2 rings (SSSR count). The molecule has 1 aromatic carbocycles. The predicted molar refractivity (Wildman–Crippen MR) is 47.6 cm³/mol. The number of rotatable bonds is 2. The first-order valence-corrected chi connectivity index (χ1v) is 4.11. The Balaban J connectivity index is 2.53. The topological polar surface area (TPSA) is 22.4 Å². The zero-order valence-corrected chi connectivity index (χ0v) is 7.46. The van der Waals surface area contributed by atoms with E-state index in [1.165, 1.54) is 6.07 Å². The molecule has 0 radical (unpaired) electrons. The number of fused-ring (bicyclic) bond motifs is 1. The predicted octanol–water partition coefficient (Wildman–Crippen LogP) is 3.34. The van der Waals surface area contributed by atoms with Gasteiger partial charge in [-0.1, -0.05) is 12.1 Å². The largest absolute Gasteiger partial charge is 0.457 e. The molecule has 4 heteroatoms. The second-order valence-corrected chi connectivity index (χ2v) is 2.91. The van der Waals surface area contributed by atoms with Crippen LogP contribution in [0.4, 0.5) is 8.78 Å². The van der Waals surface area contributed by atoms with Crippen molar-refractivity contribution in [3.63, 3.8) is 0 Å². The minimum Gasteiger partial charge on any atom is -0.457 e. The summed E-state index contributed by atoms with van der Waals surface area (Å²) >= 11 is 0. The Labute approximate surface area is 79.1 Å².